The predicted molar refractivity (Wildman–Crippen MR) is 80.6 cm³/mol. The average molecular weight is 278 g/mol. The third-order valence-corrected chi connectivity index (χ3v) is 3.95. The highest BCUT2D eigenvalue weighted by atomic mass is 32.1. The summed E-state index contributed by atoms with van der Waals surface area (Å²) in [6.07, 6.45) is 0.518. The van der Waals surface area contributed by atoms with Crippen molar-refractivity contribution < 1.29 is 4.79 Å². The third-order valence-electron chi connectivity index (χ3n) is 2.82. The Bertz CT molecular complexity index is 581. The Morgan fingerprint density at radius 3 is 3.05 bits per heavy atom. The van der Waals surface area contributed by atoms with Gasteiger partial charge in [0.25, 0.3) is 0 Å². The zero-order valence-electron chi connectivity index (χ0n) is 11.1. The minimum Gasteiger partial charge on any atom is -0.399 e. The highest BCUT2D eigenvalue weighted by molar-refractivity contribution is 7.22. The highest BCUT2D eigenvalue weighted by Gasteiger charge is 2.08. The van der Waals surface area contributed by atoms with Crippen LogP contribution in [0.1, 0.15) is 13.3 Å². The standard InChI is InChI=1S/C13H18N4OS/c1-3-12(18)15-6-7-17(2)13-16-10-5-4-9(14)8-11(10)19-13/h4-5,8H,3,6-7,14H2,1-2H3,(H,15,18). The van der Waals surface area contributed by atoms with Crippen LogP contribution in [0.3, 0.4) is 0 Å². The molecule has 2 aromatic rings. The zero-order valence-corrected chi connectivity index (χ0v) is 12.0. The number of nitrogens with two attached hydrogens (primary N) is 1. The molecule has 1 aromatic heterocycles. The number of likely N-dealkylation sites (N-methyl/N-ethyl adjacent to an activating group) is 1. The lowest BCUT2D eigenvalue weighted by atomic mass is 10.3. The van der Waals surface area contributed by atoms with Crippen molar-refractivity contribution in [3.8, 4) is 0 Å². The van der Waals surface area contributed by atoms with Crippen LogP contribution in [0.15, 0.2) is 18.2 Å². The van der Waals surface area contributed by atoms with Crippen molar-refractivity contribution >= 4 is 38.3 Å². The fourth-order valence-corrected chi connectivity index (χ4v) is 2.68. The minimum absolute atomic E-state index is 0.0745. The average Bonchev–Trinajstić information content (AvgIpc) is 2.81. The number of anilines is 2. The largest absolute Gasteiger partial charge is 0.399 e. The summed E-state index contributed by atoms with van der Waals surface area (Å²) in [6.45, 7) is 3.21. The van der Waals surface area contributed by atoms with E-state index in [0.29, 0.717) is 13.0 Å². The molecular weight excluding hydrogens is 260 g/mol. The Labute approximate surface area is 116 Å². The lowest BCUT2D eigenvalue weighted by Crippen LogP contribution is -2.32. The topological polar surface area (TPSA) is 71.2 Å². The fraction of sp³-hybridized carbons (Fsp3) is 0.385. The number of nitrogen functional groups attached to an aromatic ring is 1. The monoisotopic (exact) mass is 278 g/mol. The van der Waals surface area contributed by atoms with Gasteiger partial charge >= 0.3 is 0 Å². The van der Waals surface area contributed by atoms with Gasteiger partial charge < -0.3 is 16.0 Å². The first-order valence-corrected chi connectivity index (χ1v) is 7.05. The number of hydrogen-bond donors (Lipinski definition) is 2. The number of rotatable bonds is 5. The Kier molecular flexibility index (Phi) is 4.21. The summed E-state index contributed by atoms with van der Waals surface area (Å²) < 4.78 is 1.08. The van der Waals surface area contributed by atoms with E-state index in [2.05, 4.69) is 10.3 Å². The first kappa shape index (κ1) is 13.6. The molecule has 0 saturated carbocycles. The maximum absolute atomic E-state index is 11.2. The van der Waals surface area contributed by atoms with Gasteiger partial charge in [-0.2, -0.15) is 0 Å². The lowest BCUT2D eigenvalue weighted by Gasteiger charge is -2.15. The van der Waals surface area contributed by atoms with E-state index in [-0.39, 0.29) is 5.91 Å². The van der Waals surface area contributed by atoms with Gasteiger partial charge in [-0.3, -0.25) is 4.79 Å². The number of aromatic nitrogens is 1. The van der Waals surface area contributed by atoms with E-state index >= 15 is 0 Å². The van der Waals surface area contributed by atoms with Crippen molar-refractivity contribution in [2.75, 3.05) is 30.8 Å². The molecule has 1 amide bonds. The molecule has 0 aliphatic carbocycles. The van der Waals surface area contributed by atoms with Gasteiger partial charge in [-0.25, -0.2) is 4.98 Å². The summed E-state index contributed by atoms with van der Waals surface area (Å²) in [5.74, 6) is 0.0745. The molecule has 0 saturated heterocycles. The van der Waals surface area contributed by atoms with E-state index in [4.69, 9.17) is 5.73 Å². The first-order chi connectivity index (χ1) is 9.10. The predicted octanol–water partition coefficient (Wildman–Crippen LogP) is 1.84. The Morgan fingerprint density at radius 2 is 2.32 bits per heavy atom. The zero-order chi connectivity index (χ0) is 13.8. The van der Waals surface area contributed by atoms with Crippen molar-refractivity contribution in [1.82, 2.24) is 10.3 Å². The molecule has 1 heterocycles. The number of nitrogens with zero attached hydrogens (tertiary/aromatic N) is 2. The van der Waals surface area contributed by atoms with Crippen LogP contribution in [0, 0.1) is 0 Å². The van der Waals surface area contributed by atoms with Gasteiger partial charge in [-0.15, -0.1) is 0 Å². The Hall–Kier alpha value is -1.82. The summed E-state index contributed by atoms with van der Waals surface area (Å²) in [7, 11) is 1.97. The summed E-state index contributed by atoms with van der Waals surface area (Å²) in [4.78, 5) is 17.7. The van der Waals surface area contributed by atoms with Crippen molar-refractivity contribution in [2.24, 2.45) is 0 Å². The lowest BCUT2D eigenvalue weighted by molar-refractivity contribution is -0.120. The van der Waals surface area contributed by atoms with Gasteiger partial charge in [-0.1, -0.05) is 18.3 Å². The third kappa shape index (κ3) is 3.35. The molecule has 1 aromatic carbocycles. The van der Waals surface area contributed by atoms with E-state index < -0.39 is 0 Å². The number of hydrogen-bond acceptors (Lipinski definition) is 5. The van der Waals surface area contributed by atoms with E-state index in [0.717, 1.165) is 27.6 Å². The van der Waals surface area contributed by atoms with Crippen molar-refractivity contribution in [1.29, 1.82) is 0 Å². The second-order valence-corrected chi connectivity index (χ2v) is 5.36. The van der Waals surface area contributed by atoms with Gasteiger partial charge in [0.1, 0.15) is 0 Å². The van der Waals surface area contributed by atoms with Crippen LogP contribution in [0.5, 0.6) is 0 Å². The van der Waals surface area contributed by atoms with Crippen molar-refractivity contribution in [3.05, 3.63) is 18.2 Å². The molecule has 5 nitrogen and oxygen atoms in total. The van der Waals surface area contributed by atoms with Crippen LogP contribution in [-0.2, 0) is 4.79 Å². The van der Waals surface area contributed by atoms with E-state index in [1.807, 2.05) is 37.1 Å². The SMILES string of the molecule is CCC(=O)NCCN(C)c1nc2ccc(N)cc2s1. The maximum atomic E-state index is 11.2. The molecule has 6 heteroatoms. The number of nitrogens with one attached hydrogen (secondary N) is 1. The molecule has 0 bridgehead atoms. The molecule has 19 heavy (non-hydrogen) atoms. The van der Waals surface area contributed by atoms with Gasteiger partial charge in [0.05, 0.1) is 10.2 Å². The summed E-state index contributed by atoms with van der Waals surface area (Å²) in [5, 5.41) is 3.79. The highest BCUT2D eigenvalue weighted by Crippen LogP contribution is 2.29. The second kappa shape index (κ2) is 5.88. The quantitative estimate of drug-likeness (QED) is 0.819. The van der Waals surface area contributed by atoms with Gasteiger partial charge in [0, 0.05) is 32.2 Å². The van der Waals surface area contributed by atoms with E-state index in [1.165, 1.54) is 0 Å². The number of carbonyl (C=O) groups is 1. The van der Waals surface area contributed by atoms with Crippen LogP contribution in [0.25, 0.3) is 10.2 Å². The van der Waals surface area contributed by atoms with Crippen molar-refractivity contribution in [3.63, 3.8) is 0 Å². The number of thiazole rings is 1. The van der Waals surface area contributed by atoms with Gasteiger partial charge in [0.2, 0.25) is 5.91 Å². The van der Waals surface area contributed by atoms with Crippen LogP contribution >= 0.6 is 11.3 Å². The normalized spacial score (nSPS) is 10.6. The van der Waals surface area contributed by atoms with E-state index in [9.17, 15) is 4.79 Å². The number of carbonyl (C=O) groups excluding carboxylic acids is 1. The second-order valence-electron chi connectivity index (χ2n) is 4.35. The molecule has 0 radical (unpaired) electrons. The molecule has 0 spiro atoms. The number of benzene rings is 1. The van der Waals surface area contributed by atoms with Gasteiger partial charge in [-0.05, 0) is 18.2 Å². The number of fused-ring (bicyclic) bond motifs is 1. The summed E-state index contributed by atoms with van der Waals surface area (Å²) >= 11 is 1.61. The first-order valence-electron chi connectivity index (χ1n) is 6.24. The molecule has 0 aliphatic heterocycles. The Morgan fingerprint density at radius 1 is 1.53 bits per heavy atom. The molecule has 102 valence electrons. The molecule has 0 fully saturated rings. The summed E-state index contributed by atoms with van der Waals surface area (Å²) in [6, 6.07) is 5.72. The molecule has 3 N–H and O–H groups in total. The van der Waals surface area contributed by atoms with E-state index in [1.54, 1.807) is 11.3 Å². The smallest absolute Gasteiger partial charge is 0.219 e. The fourth-order valence-electron chi connectivity index (χ4n) is 1.68. The molecule has 2 rings (SSSR count). The maximum Gasteiger partial charge on any atom is 0.219 e. The molecular formula is C13H18N4OS. The molecule has 0 aliphatic rings. The van der Waals surface area contributed by atoms with Gasteiger partial charge in [0.15, 0.2) is 5.13 Å². The van der Waals surface area contributed by atoms with Crippen LogP contribution in [0.4, 0.5) is 10.8 Å². The van der Waals surface area contributed by atoms with Crippen LogP contribution in [0.2, 0.25) is 0 Å². The van der Waals surface area contributed by atoms with Crippen LogP contribution < -0.4 is 16.0 Å². The summed E-state index contributed by atoms with van der Waals surface area (Å²) in [5.41, 5.74) is 7.46. The molecule has 0 unspecified atom stereocenters. The van der Waals surface area contributed by atoms with Crippen LogP contribution in [-0.4, -0.2) is 31.0 Å². The Balaban J connectivity index is 2.01. The molecule has 0 atom stereocenters. The minimum atomic E-state index is 0.0745. The number of amides is 1. The van der Waals surface area contributed by atoms with Crippen molar-refractivity contribution in [2.45, 2.75) is 13.3 Å².